The first kappa shape index (κ1) is 102. The van der Waals surface area contributed by atoms with Crippen LogP contribution < -0.4 is 57.5 Å². The molecule has 1 saturated heterocycles. The number of halogens is 6. The molecule has 0 aliphatic carbocycles. The largest absolute Gasteiger partial charge is 0.497 e. The van der Waals surface area contributed by atoms with E-state index in [-0.39, 0.29) is 59.6 Å². The summed E-state index contributed by atoms with van der Waals surface area (Å²) in [7, 11) is -8.62. The van der Waals surface area contributed by atoms with E-state index in [4.69, 9.17) is 47.6 Å². The number of sulfonamides is 3. The summed E-state index contributed by atoms with van der Waals surface area (Å²) >= 11 is 13.1. The van der Waals surface area contributed by atoms with Gasteiger partial charge in [-0.25, -0.2) is 58.4 Å². The summed E-state index contributed by atoms with van der Waals surface area (Å²) in [5.41, 5.74) is 8.74. The minimum Gasteiger partial charge on any atom is -0.497 e. The van der Waals surface area contributed by atoms with Crippen LogP contribution in [-0.4, -0.2) is 172 Å². The molecule has 0 atom stereocenters. The third-order valence-corrected chi connectivity index (χ3v) is 31.3. The van der Waals surface area contributed by atoms with E-state index in [9.17, 15) is 43.2 Å². The van der Waals surface area contributed by atoms with Crippen LogP contribution in [0.15, 0.2) is 252 Å². The van der Waals surface area contributed by atoms with Crippen LogP contribution in [0.1, 0.15) is 85.4 Å². The molecule has 0 unspecified atom stereocenters. The molecule has 6 aliphatic rings. The van der Waals surface area contributed by atoms with E-state index in [1.165, 1.54) is 61.8 Å². The first-order valence-electron chi connectivity index (χ1n) is 40.9. The van der Waals surface area contributed by atoms with Crippen LogP contribution in [0.4, 0.5) is 61.8 Å². The Morgan fingerprint density at radius 3 is 1.57 bits per heavy atom. The van der Waals surface area contributed by atoms with Gasteiger partial charge in [0.2, 0.25) is 0 Å². The van der Waals surface area contributed by atoms with Crippen molar-refractivity contribution in [1.82, 2.24) is 25.2 Å². The number of amides is 1. The van der Waals surface area contributed by atoms with Crippen LogP contribution in [0.5, 0.6) is 28.7 Å². The van der Waals surface area contributed by atoms with E-state index < -0.39 is 47.8 Å². The molecular weight excluding hydrogens is 2070 g/mol. The highest BCUT2D eigenvalue weighted by atomic mass is 127. The van der Waals surface area contributed by atoms with Gasteiger partial charge in [-0.2, -0.15) is 13.2 Å². The predicted molar refractivity (Wildman–Crippen MR) is 528 cm³/mol. The summed E-state index contributed by atoms with van der Waals surface area (Å²) in [6.07, 6.45) is 5.39. The molecule has 3 aromatic heterocycles. The molecule has 1 fully saturated rings. The number of ether oxygens (including phenoxy) is 6. The first-order valence-corrected chi connectivity index (χ1v) is 50.6. The Hall–Kier alpha value is -10.1. The lowest BCUT2D eigenvalue weighted by Gasteiger charge is -2.33. The molecule has 0 spiro atoms. The maximum Gasteiger partial charge on any atom is 0.490 e. The van der Waals surface area contributed by atoms with E-state index in [1.807, 2.05) is 146 Å². The van der Waals surface area contributed by atoms with Crippen molar-refractivity contribution in [2.75, 3.05) is 108 Å². The van der Waals surface area contributed by atoms with Crippen molar-refractivity contribution in [3.63, 3.8) is 0 Å². The van der Waals surface area contributed by atoms with E-state index in [2.05, 4.69) is 125 Å². The Morgan fingerprint density at radius 1 is 0.598 bits per heavy atom. The highest BCUT2D eigenvalue weighted by Gasteiger charge is 2.53. The summed E-state index contributed by atoms with van der Waals surface area (Å²) in [6, 6.07) is 53.9. The smallest absolute Gasteiger partial charge is 0.490 e. The average Bonchev–Trinajstić information content (AvgIpc) is 1.28. The highest BCUT2D eigenvalue weighted by Crippen LogP contribution is 2.46. The van der Waals surface area contributed by atoms with Gasteiger partial charge < -0.3 is 68.2 Å². The molecule has 132 heavy (non-hydrogen) atoms. The number of thiazole rings is 3. The van der Waals surface area contributed by atoms with Crippen LogP contribution in [0, 0.1) is 3.57 Å². The molecule has 11 aromatic rings. The zero-order valence-corrected chi connectivity index (χ0v) is 82.8. The number of hydrogen-bond donors (Lipinski definition) is 4. The molecule has 8 aromatic carbocycles. The number of alkyl halides is 3. The van der Waals surface area contributed by atoms with Gasteiger partial charge in [0.15, 0.2) is 15.4 Å². The van der Waals surface area contributed by atoms with Crippen LogP contribution in [0.3, 0.4) is 0 Å². The minimum atomic E-state index is -5.08. The molecule has 28 nitrogen and oxygen atoms in total. The fourth-order valence-corrected chi connectivity index (χ4v) is 21.1. The number of rotatable bonds is 19. The van der Waals surface area contributed by atoms with Gasteiger partial charge in [-0.1, -0.05) is 86.3 Å². The maximum atomic E-state index is 13.8. The number of carboxylic acid groups (broad SMARTS) is 1. The number of aromatic nitrogens is 3. The van der Waals surface area contributed by atoms with Crippen molar-refractivity contribution in [2.24, 2.45) is 0 Å². The lowest BCUT2D eigenvalue weighted by molar-refractivity contribution is -0.192. The molecule has 9 heterocycles. The number of carbonyl (C=O) groups is 2. The molecule has 0 bridgehead atoms. The van der Waals surface area contributed by atoms with Gasteiger partial charge in [-0.05, 0) is 235 Å². The predicted octanol–water partition coefficient (Wildman–Crippen LogP) is 20.6. The lowest BCUT2D eigenvalue weighted by atomic mass is 9.75. The molecule has 702 valence electrons. The van der Waals surface area contributed by atoms with Crippen molar-refractivity contribution in [3.8, 4) is 28.7 Å². The van der Waals surface area contributed by atoms with Gasteiger partial charge >= 0.3 is 25.4 Å². The van der Waals surface area contributed by atoms with Gasteiger partial charge in [0.25, 0.3) is 30.1 Å². The summed E-state index contributed by atoms with van der Waals surface area (Å²) in [5, 5.41) is 20.1. The maximum absolute atomic E-state index is 13.8. The second-order valence-electron chi connectivity index (χ2n) is 31.4. The fourth-order valence-electron chi connectivity index (χ4n) is 13.5. The number of carboxylic acids is 1. The third kappa shape index (κ3) is 26.5. The molecule has 4 N–H and O–H groups in total. The second-order valence-corrected chi connectivity index (χ2v) is 42.3. The Labute approximate surface area is 810 Å². The number of hydrogen-bond acceptors (Lipinski definition) is 26. The number of para-hydroxylation sites is 2. The second kappa shape index (κ2) is 45.3. The lowest BCUT2D eigenvalue weighted by Crippen LogP contribution is -2.41. The molecular formula is C91H100BBr2F3IN11O17S6. The number of carbonyl (C=O) groups excluding carboxylic acids is 1. The van der Waals surface area contributed by atoms with E-state index in [0.717, 1.165) is 75.4 Å². The number of benzene rings is 8. The number of aliphatic carboxylic acids is 1. The molecule has 1 amide bonds. The fraction of sp³-hybridized carbons (Fsp3) is 0.308. The number of anilines is 8. The van der Waals surface area contributed by atoms with Crippen molar-refractivity contribution in [3.05, 3.63) is 257 Å². The summed E-state index contributed by atoms with van der Waals surface area (Å²) in [5.74, 6) is 0.285. The zero-order chi connectivity index (χ0) is 94.1. The van der Waals surface area contributed by atoms with Gasteiger partial charge in [-0.15, -0.1) is 34.0 Å². The monoisotopic (exact) mass is 2160 g/mol. The number of nitrogens with zero attached hydrogens (tertiary/aromatic N) is 8. The zero-order valence-electron chi connectivity index (χ0n) is 72.6. The van der Waals surface area contributed by atoms with Gasteiger partial charge in [-0.3, -0.25) is 4.72 Å². The van der Waals surface area contributed by atoms with Crippen LogP contribution in [0.2, 0.25) is 0 Å². The summed E-state index contributed by atoms with van der Waals surface area (Å²) in [4.78, 5) is 40.0. The first-order chi connectivity index (χ1) is 62.3. The van der Waals surface area contributed by atoms with Crippen molar-refractivity contribution in [2.45, 2.75) is 119 Å². The molecule has 0 radical (unpaired) electrons. The summed E-state index contributed by atoms with van der Waals surface area (Å²) in [6.45, 7) is 20.6. The van der Waals surface area contributed by atoms with Crippen LogP contribution >= 0.6 is 88.5 Å². The highest BCUT2D eigenvalue weighted by molar-refractivity contribution is 14.1. The number of fused-ring (bicyclic) bond motifs is 3. The molecule has 17 rings (SSSR count). The molecule has 0 saturated carbocycles. The van der Waals surface area contributed by atoms with Gasteiger partial charge in [0.05, 0.1) is 89.0 Å². The number of nitrogens with one attached hydrogen (secondary N) is 3. The van der Waals surface area contributed by atoms with Crippen molar-refractivity contribution in [1.29, 1.82) is 0 Å². The van der Waals surface area contributed by atoms with E-state index in [1.54, 1.807) is 115 Å². The molecule has 6 aliphatic heterocycles. The van der Waals surface area contributed by atoms with E-state index in [0.29, 0.717) is 96.7 Å². The Morgan fingerprint density at radius 2 is 1.09 bits per heavy atom. The SMILES string of the molecule is Brc1ccccc1I.C.CC(C)(C)OC(=O)N1CC=C(B2OC(C)(C)C(C)(C)O2)CC1.COc1ccc(CN(c2nccs2)S(=O)(=O)c2ccc3c(c2)OCCN3)cc1.COc1ccc(CN(c2nccs2)S(=O)(=O)c2ccc3c(c2)OCCN3c2ccccc2Br)cc1.O=C(O)C(F)(F)F.O=S(=O)(Nc1nccs1)c1ccc2c(c1)OCCN2c1ccccc1C1=CCNCC1. The third-order valence-electron chi connectivity index (χ3n) is 20.9. The summed E-state index contributed by atoms with van der Waals surface area (Å²) < 4.78 is 166. The Balaban J connectivity index is 0.000000162. The van der Waals surface area contributed by atoms with Gasteiger partial charge in [0.1, 0.15) is 54.2 Å². The molecule has 41 heteroatoms. The van der Waals surface area contributed by atoms with Crippen LogP contribution in [-0.2, 0) is 62.0 Å². The number of methoxy groups -OCH3 is 2. The average molecular weight is 2170 g/mol. The Kier molecular flexibility index (Phi) is 35.2. The Bertz CT molecular complexity index is 6140. The van der Waals surface area contributed by atoms with Crippen molar-refractivity contribution < 1.29 is 90.9 Å². The van der Waals surface area contributed by atoms with E-state index >= 15 is 0 Å². The van der Waals surface area contributed by atoms with Gasteiger partial charge in [0, 0.05) is 103 Å². The minimum absolute atomic E-state index is 0. The quantitative estimate of drug-likeness (QED) is 0.0432. The standard InChI is InChI=1S/C25H22BrN3O4S2.C22H22N4O3S2.C19H19N3O4S2.C16H28BNO4.C6H4BrI.C2HF3O2.CH4/c1-32-19-8-6-18(7-9-19)17-29(25-27-12-15-34-25)35(30,31)20-10-11-23-24(16-20)33-14-13-28(23)22-5-3-2-4-21(22)26;27-31(28,25-22-24-11-14-30-22)17-5-6-20-21(15-17)29-13-12-26(20)19-4-2-1-3-18(19)16-7-9-23-10-8-16;1-25-15-4-2-14(3-5-15)13-22(19-21-9-11-27-19)28(23,24)16-6-7-17-18(12-16)26-10-8-20-17;1-14(2,3)20-13(19)18-10-8-12(9-11-18)17-21-15(4,5)16(6,7)22-17;7-5-3-1-2-4-6(5)8;3-2(4,5)1(6)7;/h2-12,15-16H,13-14,17H2,1H3;1-7,11,14-15,23H,8-10,12-13H2,(H,24,25);2-7,9,11-12,20H,8,10,13H2,1H3;8H,9-11H2,1-7H3;1-4H;(H,6,7);1H4. The topological polar surface area (TPSA) is 322 Å². The normalized spacial score (nSPS) is 15.3. The van der Waals surface area contributed by atoms with Crippen molar-refractivity contribution >= 4 is 187 Å². The van der Waals surface area contributed by atoms with Crippen LogP contribution in [0.25, 0.3) is 5.57 Å².